The molecule has 1 aliphatic rings. The van der Waals surface area contributed by atoms with Gasteiger partial charge in [0.2, 0.25) is 0 Å². The number of nitrogens with zero attached hydrogens (tertiary/aromatic N) is 3. The number of aromatic carboxylic acids is 1. The normalized spacial score (nSPS) is 15.0. The molecule has 1 aromatic heterocycles. The molecule has 1 saturated heterocycles. The minimum atomic E-state index is -1.04. The average Bonchev–Trinajstić information content (AvgIpc) is 3.45. The van der Waals surface area contributed by atoms with Crippen LogP contribution in [-0.4, -0.2) is 64.1 Å². The first-order valence-electron chi connectivity index (χ1n) is 16.2. The molecular formula is C40H41N3O4. The van der Waals surface area contributed by atoms with Crippen LogP contribution < -0.4 is 4.74 Å². The van der Waals surface area contributed by atoms with Gasteiger partial charge in [-0.25, -0.2) is 4.79 Å². The van der Waals surface area contributed by atoms with Crippen LogP contribution in [0.2, 0.25) is 0 Å². The lowest BCUT2D eigenvalue weighted by Crippen LogP contribution is -2.55. The van der Waals surface area contributed by atoms with Gasteiger partial charge in [0.15, 0.2) is 0 Å². The van der Waals surface area contributed by atoms with Crippen molar-refractivity contribution in [2.45, 2.75) is 39.3 Å². The SMILES string of the molecule is CCc1c(OC)cc(C(=O)O)cc1-n1c(C)cc(C(=O)N2CCN(Cc3ccccc3)C[C@H]2Cc2ccccc2)c1-c1ccccc1. The van der Waals surface area contributed by atoms with E-state index >= 15 is 0 Å². The van der Waals surface area contributed by atoms with E-state index in [9.17, 15) is 14.7 Å². The van der Waals surface area contributed by atoms with E-state index in [1.54, 1.807) is 19.2 Å². The van der Waals surface area contributed by atoms with E-state index in [1.807, 2.05) is 79.1 Å². The Bertz CT molecular complexity index is 1850. The molecule has 240 valence electrons. The zero-order chi connectivity index (χ0) is 32.9. The Labute approximate surface area is 276 Å². The summed E-state index contributed by atoms with van der Waals surface area (Å²) in [5, 5.41) is 9.99. The third-order valence-corrected chi connectivity index (χ3v) is 9.10. The first-order valence-corrected chi connectivity index (χ1v) is 16.2. The topological polar surface area (TPSA) is 75.0 Å². The Balaban J connectivity index is 1.45. The van der Waals surface area contributed by atoms with Crippen molar-refractivity contribution < 1.29 is 19.4 Å². The number of piperazine rings is 1. The Morgan fingerprint density at radius 1 is 0.851 bits per heavy atom. The summed E-state index contributed by atoms with van der Waals surface area (Å²) < 4.78 is 7.73. The van der Waals surface area contributed by atoms with Gasteiger partial charge in [0.1, 0.15) is 5.75 Å². The third-order valence-electron chi connectivity index (χ3n) is 9.10. The number of rotatable bonds is 10. The molecule has 0 radical (unpaired) electrons. The molecule has 0 saturated carbocycles. The highest BCUT2D eigenvalue weighted by atomic mass is 16.5. The maximum atomic E-state index is 14.9. The average molecular weight is 628 g/mol. The van der Waals surface area contributed by atoms with Crippen LogP contribution in [0.5, 0.6) is 5.75 Å². The van der Waals surface area contributed by atoms with Crippen molar-refractivity contribution in [3.63, 3.8) is 0 Å². The number of hydrogen-bond acceptors (Lipinski definition) is 4. The molecule has 7 nitrogen and oxygen atoms in total. The Kier molecular flexibility index (Phi) is 9.55. The van der Waals surface area contributed by atoms with Gasteiger partial charge in [-0.2, -0.15) is 0 Å². The lowest BCUT2D eigenvalue weighted by atomic mass is 9.99. The fourth-order valence-corrected chi connectivity index (χ4v) is 6.87. The second-order valence-corrected chi connectivity index (χ2v) is 12.1. The number of carbonyl (C=O) groups excluding carboxylic acids is 1. The van der Waals surface area contributed by atoms with Crippen molar-refractivity contribution in [1.82, 2.24) is 14.4 Å². The van der Waals surface area contributed by atoms with E-state index in [1.165, 1.54) is 11.1 Å². The van der Waals surface area contributed by atoms with E-state index in [2.05, 4.69) is 46.2 Å². The molecule has 0 bridgehead atoms. The van der Waals surface area contributed by atoms with E-state index in [0.29, 0.717) is 30.0 Å². The van der Waals surface area contributed by atoms with E-state index in [-0.39, 0.29) is 17.5 Å². The number of carboxylic acid groups (broad SMARTS) is 1. The molecule has 5 aromatic rings. The summed E-state index contributed by atoms with van der Waals surface area (Å²) in [6.07, 6.45) is 1.37. The first-order chi connectivity index (χ1) is 22.9. The van der Waals surface area contributed by atoms with Crippen molar-refractivity contribution >= 4 is 11.9 Å². The molecule has 1 atom stereocenters. The van der Waals surface area contributed by atoms with Gasteiger partial charge in [-0.1, -0.05) is 97.9 Å². The molecule has 1 amide bonds. The van der Waals surface area contributed by atoms with Crippen molar-refractivity contribution in [2.24, 2.45) is 0 Å². The van der Waals surface area contributed by atoms with Crippen LogP contribution in [0.4, 0.5) is 0 Å². The van der Waals surface area contributed by atoms with Gasteiger partial charge < -0.3 is 19.3 Å². The lowest BCUT2D eigenvalue weighted by Gasteiger charge is -2.42. The second kappa shape index (κ2) is 14.1. The van der Waals surface area contributed by atoms with Gasteiger partial charge in [-0.05, 0) is 54.7 Å². The molecule has 47 heavy (non-hydrogen) atoms. The molecule has 0 unspecified atom stereocenters. The van der Waals surface area contributed by atoms with E-state index < -0.39 is 5.97 Å². The Morgan fingerprint density at radius 3 is 2.11 bits per heavy atom. The molecule has 4 aromatic carbocycles. The standard InChI is InChI=1S/C40H41N3O4/c1-4-34-36(24-32(40(45)46)25-37(34)47-3)43-28(2)22-35(38(43)31-18-12-7-13-19-31)39(44)42-21-20-41(26-30-16-10-6-11-17-30)27-33(42)23-29-14-8-5-9-15-29/h5-19,22,24-25,33H,4,20-21,23,26-27H2,1-3H3,(H,45,46)/t33-/m1/s1. The highest BCUT2D eigenvalue weighted by Crippen LogP contribution is 2.37. The lowest BCUT2D eigenvalue weighted by molar-refractivity contribution is 0.0439. The molecule has 1 N–H and O–H groups in total. The van der Waals surface area contributed by atoms with Crippen molar-refractivity contribution in [3.05, 3.63) is 143 Å². The van der Waals surface area contributed by atoms with Gasteiger partial charge in [-0.15, -0.1) is 0 Å². The number of ether oxygens (including phenoxy) is 1. The predicted molar refractivity (Wildman–Crippen MR) is 186 cm³/mol. The first kappa shape index (κ1) is 31.8. The fraction of sp³-hybridized carbons (Fsp3) is 0.250. The van der Waals surface area contributed by atoms with Crippen LogP contribution in [0.25, 0.3) is 16.9 Å². The van der Waals surface area contributed by atoms with Crippen molar-refractivity contribution in [2.75, 3.05) is 26.7 Å². The molecular weight excluding hydrogens is 586 g/mol. The summed E-state index contributed by atoms with van der Waals surface area (Å²) in [5.41, 5.74) is 7.24. The Hall–Kier alpha value is -5.14. The number of methoxy groups -OCH3 is 1. The highest BCUT2D eigenvalue weighted by Gasteiger charge is 2.34. The number of hydrogen-bond donors (Lipinski definition) is 1. The van der Waals surface area contributed by atoms with E-state index in [4.69, 9.17) is 4.74 Å². The van der Waals surface area contributed by atoms with Crippen LogP contribution >= 0.6 is 0 Å². The monoisotopic (exact) mass is 627 g/mol. The highest BCUT2D eigenvalue weighted by molar-refractivity contribution is 6.01. The van der Waals surface area contributed by atoms with Crippen LogP contribution in [-0.2, 0) is 19.4 Å². The van der Waals surface area contributed by atoms with Gasteiger partial charge in [0.25, 0.3) is 5.91 Å². The van der Waals surface area contributed by atoms with Gasteiger partial charge in [0.05, 0.1) is 29.6 Å². The fourth-order valence-electron chi connectivity index (χ4n) is 6.87. The zero-order valence-electron chi connectivity index (χ0n) is 27.2. The number of aromatic nitrogens is 1. The van der Waals surface area contributed by atoms with Gasteiger partial charge >= 0.3 is 5.97 Å². The van der Waals surface area contributed by atoms with Crippen LogP contribution in [0.3, 0.4) is 0 Å². The summed E-state index contributed by atoms with van der Waals surface area (Å²) in [5.74, 6) is -0.544. The van der Waals surface area contributed by atoms with Crippen molar-refractivity contribution in [1.29, 1.82) is 0 Å². The molecule has 2 heterocycles. The molecule has 0 aliphatic carbocycles. The predicted octanol–water partition coefficient (Wildman–Crippen LogP) is 7.29. The quantitative estimate of drug-likeness (QED) is 0.176. The van der Waals surface area contributed by atoms with Gasteiger partial charge in [-0.3, -0.25) is 9.69 Å². The molecule has 0 spiro atoms. The number of aryl methyl sites for hydroxylation is 1. The summed E-state index contributed by atoms with van der Waals surface area (Å²) in [4.78, 5) is 31.6. The number of carboxylic acids is 1. The summed E-state index contributed by atoms with van der Waals surface area (Å²) in [7, 11) is 1.56. The third kappa shape index (κ3) is 6.71. The number of benzene rings is 4. The van der Waals surface area contributed by atoms with Gasteiger partial charge in [0, 0.05) is 43.5 Å². The van der Waals surface area contributed by atoms with Crippen LogP contribution in [0.1, 0.15) is 50.0 Å². The molecule has 7 heteroatoms. The molecule has 1 aliphatic heterocycles. The maximum absolute atomic E-state index is 14.9. The van der Waals surface area contributed by atoms with Crippen molar-refractivity contribution in [3.8, 4) is 22.7 Å². The number of amides is 1. The maximum Gasteiger partial charge on any atom is 0.335 e. The minimum Gasteiger partial charge on any atom is -0.496 e. The molecule has 6 rings (SSSR count). The largest absolute Gasteiger partial charge is 0.496 e. The molecule has 1 fully saturated rings. The van der Waals surface area contributed by atoms with E-state index in [0.717, 1.165) is 48.6 Å². The summed E-state index contributed by atoms with van der Waals surface area (Å²) >= 11 is 0. The summed E-state index contributed by atoms with van der Waals surface area (Å²) in [6, 6.07) is 35.9. The minimum absolute atomic E-state index is 0.0228. The smallest absolute Gasteiger partial charge is 0.335 e. The van der Waals surface area contributed by atoms with Crippen LogP contribution in [0, 0.1) is 6.92 Å². The summed E-state index contributed by atoms with van der Waals surface area (Å²) in [6.45, 7) is 6.96. The zero-order valence-corrected chi connectivity index (χ0v) is 27.2. The van der Waals surface area contributed by atoms with Crippen LogP contribution in [0.15, 0.2) is 109 Å². The number of carbonyl (C=O) groups is 2. The second-order valence-electron chi connectivity index (χ2n) is 12.1. The Morgan fingerprint density at radius 2 is 1.49 bits per heavy atom.